The summed E-state index contributed by atoms with van der Waals surface area (Å²) in [6.07, 6.45) is 5.87. The fourth-order valence-electron chi connectivity index (χ4n) is 2.63. The predicted octanol–water partition coefficient (Wildman–Crippen LogP) is 1.78. The predicted molar refractivity (Wildman–Crippen MR) is 73.3 cm³/mol. The quantitative estimate of drug-likeness (QED) is 0.736. The van der Waals surface area contributed by atoms with Crippen molar-refractivity contribution in [3.05, 3.63) is 0 Å². The fraction of sp³-hybridized carbons (Fsp3) is 0.929. The number of hydrogen-bond acceptors (Lipinski definition) is 4. The van der Waals surface area contributed by atoms with E-state index in [4.69, 9.17) is 10.5 Å². The van der Waals surface area contributed by atoms with E-state index in [0.29, 0.717) is 6.42 Å². The maximum absolute atomic E-state index is 11.5. The van der Waals surface area contributed by atoms with Gasteiger partial charge in [-0.15, -0.1) is 0 Å². The van der Waals surface area contributed by atoms with Gasteiger partial charge in [-0.2, -0.15) is 0 Å². The summed E-state index contributed by atoms with van der Waals surface area (Å²) in [7, 11) is 1.39. The Bertz CT molecular complexity index is 259. The van der Waals surface area contributed by atoms with Crippen LogP contribution in [0.2, 0.25) is 0 Å². The van der Waals surface area contributed by atoms with E-state index in [2.05, 4.69) is 11.8 Å². The molecule has 1 aliphatic rings. The van der Waals surface area contributed by atoms with Crippen molar-refractivity contribution in [1.29, 1.82) is 0 Å². The average molecular weight is 256 g/mol. The molecule has 1 saturated heterocycles. The molecule has 1 atom stereocenters. The third kappa shape index (κ3) is 4.58. The molecule has 2 N–H and O–H groups in total. The molecule has 1 fully saturated rings. The number of esters is 1. The SMILES string of the molecule is CCCC1CCN(CCC(C)(N)C(=O)OC)CC1. The van der Waals surface area contributed by atoms with Gasteiger partial charge in [0.15, 0.2) is 0 Å². The Morgan fingerprint density at radius 2 is 2.06 bits per heavy atom. The molecule has 0 amide bonds. The molecule has 1 heterocycles. The van der Waals surface area contributed by atoms with Crippen LogP contribution in [0.1, 0.15) is 46.0 Å². The number of hydrogen-bond donors (Lipinski definition) is 1. The van der Waals surface area contributed by atoms with Crippen LogP contribution in [0, 0.1) is 5.92 Å². The van der Waals surface area contributed by atoms with Gasteiger partial charge < -0.3 is 15.4 Å². The van der Waals surface area contributed by atoms with Crippen molar-refractivity contribution in [2.24, 2.45) is 11.7 Å². The van der Waals surface area contributed by atoms with E-state index in [1.165, 1.54) is 32.8 Å². The van der Waals surface area contributed by atoms with E-state index < -0.39 is 5.54 Å². The number of carbonyl (C=O) groups is 1. The van der Waals surface area contributed by atoms with Crippen LogP contribution in [-0.2, 0) is 9.53 Å². The van der Waals surface area contributed by atoms with Crippen molar-refractivity contribution in [2.45, 2.75) is 51.5 Å². The normalized spacial score (nSPS) is 21.6. The van der Waals surface area contributed by atoms with Gasteiger partial charge in [-0.25, -0.2) is 0 Å². The smallest absolute Gasteiger partial charge is 0.325 e. The lowest BCUT2D eigenvalue weighted by Crippen LogP contribution is -2.48. The molecular weight excluding hydrogens is 228 g/mol. The number of rotatable bonds is 6. The first-order valence-corrected chi connectivity index (χ1v) is 7.09. The second kappa shape index (κ2) is 7.10. The van der Waals surface area contributed by atoms with Crippen molar-refractivity contribution in [3.8, 4) is 0 Å². The first-order chi connectivity index (χ1) is 8.49. The van der Waals surface area contributed by atoms with Crippen LogP contribution in [0.15, 0.2) is 0 Å². The number of piperidine rings is 1. The Kier molecular flexibility index (Phi) is 6.09. The zero-order valence-corrected chi connectivity index (χ0v) is 12.1. The molecule has 0 aliphatic carbocycles. The number of nitrogens with zero attached hydrogens (tertiary/aromatic N) is 1. The molecular formula is C14H28N2O2. The molecule has 18 heavy (non-hydrogen) atoms. The van der Waals surface area contributed by atoms with Gasteiger partial charge in [-0.1, -0.05) is 19.8 Å². The molecule has 1 rings (SSSR count). The van der Waals surface area contributed by atoms with Gasteiger partial charge in [0.2, 0.25) is 0 Å². The topological polar surface area (TPSA) is 55.6 Å². The minimum atomic E-state index is -0.852. The molecule has 0 aromatic carbocycles. The van der Waals surface area contributed by atoms with Crippen LogP contribution >= 0.6 is 0 Å². The number of likely N-dealkylation sites (tertiary alicyclic amines) is 1. The molecule has 0 radical (unpaired) electrons. The Hall–Kier alpha value is -0.610. The van der Waals surface area contributed by atoms with Crippen LogP contribution in [0.4, 0.5) is 0 Å². The molecule has 0 aromatic rings. The van der Waals surface area contributed by atoms with E-state index >= 15 is 0 Å². The lowest BCUT2D eigenvalue weighted by Gasteiger charge is -2.33. The van der Waals surface area contributed by atoms with Crippen molar-refractivity contribution in [3.63, 3.8) is 0 Å². The first kappa shape index (κ1) is 15.4. The van der Waals surface area contributed by atoms with E-state index in [1.807, 2.05) is 0 Å². The molecule has 4 heteroatoms. The third-order valence-electron chi connectivity index (χ3n) is 4.00. The second-order valence-corrected chi connectivity index (χ2v) is 5.73. The van der Waals surface area contributed by atoms with Crippen molar-refractivity contribution in [2.75, 3.05) is 26.7 Å². The number of carbonyl (C=O) groups excluding carboxylic acids is 1. The van der Waals surface area contributed by atoms with E-state index in [1.54, 1.807) is 6.92 Å². The highest BCUT2D eigenvalue weighted by Gasteiger charge is 2.30. The van der Waals surface area contributed by atoms with E-state index in [0.717, 1.165) is 25.6 Å². The van der Waals surface area contributed by atoms with Crippen LogP contribution in [0.3, 0.4) is 0 Å². The summed E-state index contributed by atoms with van der Waals surface area (Å²) in [4.78, 5) is 13.9. The molecule has 1 unspecified atom stereocenters. The molecule has 0 aromatic heterocycles. The summed E-state index contributed by atoms with van der Waals surface area (Å²) < 4.78 is 4.72. The second-order valence-electron chi connectivity index (χ2n) is 5.73. The molecule has 0 saturated carbocycles. The highest BCUT2D eigenvalue weighted by atomic mass is 16.5. The number of ether oxygens (including phenoxy) is 1. The highest BCUT2D eigenvalue weighted by molar-refractivity contribution is 5.79. The Labute approximate surface area is 111 Å². The molecule has 0 spiro atoms. The third-order valence-corrected chi connectivity index (χ3v) is 4.00. The lowest BCUT2D eigenvalue weighted by atomic mass is 9.91. The molecule has 4 nitrogen and oxygen atoms in total. The maximum Gasteiger partial charge on any atom is 0.325 e. The van der Waals surface area contributed by atoms with Gasteiger partial charge in [0.25, 0.3) is 0 Å². The van der Waals surface area contributed by atoms with E-state index in [-0.39, 0.29) is 5.97 Å². The molecule has 1 aliphatic heterocycles. The van der Waals surface area contributed by atoms with Crippen LogP contribution in [-0.4, -0.2) is 43.2 Å². The van der Waals surface area contributed by atoms with E-state index in [9.17, 15) is 4.79 Å². The van der Waals surface area contributed by atoms with Crippen LogP contribution in [0.25, 0.3) is 0 Å². The Morgan fingerprint density at radius 3 is 2.56 bits per heavy atom. The standard InChI is InChI=1S/C14H28N2O2/c1-4-5-12-6-9-16(10-7-12)11-8-14(2,15)13(17)18-3/h12H,4-11,15H2,1-3H3. The van der Waals surface area contributed by atoms with Crippen LogP contribution in [0.5, 0.6) is 0 Å². The largest absolute Gasteiger partial charge is 0.468 e. The highest BCUT2D eigenvalue weighted by Crippen LogP contribution is 2.22. The number of methoxy groups -OCH3 is 1. The Morgan fingerprint density at radius 1 is 1.44 bits per heavy atom. The monoisotopic (exact) mass is 256 g/mol. The molecule has 106 valence electrons. The van der Waals surface area contributed by atoms with Crippen molar-refractivity contribution in [1.82, 2.24) is 4.90 Å². The van der Waals surface area contributed by atoms with Gasteiger partial charge in [0.1, 0.15) is 5.54 Å². The van der Waals surface area contributed by atoms with Gasteiger partial charge in [-0.3, -0.25) is 4.79 Å². The first-order valence-electron chi connectivity index (χ1n) is 7.09. The molecule has 0 bridgehead atoms. The van der Waals surface area contributed by atoms with Crippen molar-refractivity contribution >= 4 is 5.97 Å². The van der Waals surface area contributed by atoms with Crippen molar-refractivity contribution < 1.29 is 9.53 Å². The summed E-state index contributed by atoms with van der Waals surface area (Å²) in [5, 5.41) is 0. The minimum Gasteiger partial charge on any atom is -0.468 e. The fourth-order valence-corrected chi connectivity index (χ4v) is 2.63. The summed E-state index contributed by atoms with van der Waals surface area (Å²) in [6.45, 7) is 7.18. The summed E-state index contributed by atoms with van der Waals surface area (Å²) in [6, 6.07) is 0. The zero-order valence-electron chi connectivity index (χ0n) is 12.1. The van der Waals surface area contributed by atoms with Gasteiger partial charge in [0, 0.05) is 6.54 Å². The summed E-state index contributed by atoms with van der Waals surface area (Å²) in [5.41, 5.74) is 5.11. The summed E-state index contributed by atoms with van der Waals surface area (Å²) >= 11 is 0. The van der Waals surface area contributed by atoms with Gasteiger partial charge >= 0.3 is 5.97 Å². The zero-order chi connectivity index (χ0) is 13.6. The van der Waals surface area contributed by atoms with Gasteiger partial charge in [-0.05, 0) is 45.2 Å². The number of nitrogens with two attached hydrogens (primary N) is 1. The summed E-state index contributed by atoms with van der Waals surface area (Å²) in [5.74, 6) is 0.583. The maximum atomic E-state index is 11.5. The lowest BCUT2D eigenvalue weighted by molar-refractivity contribution is -0.146. The van der Waals surface area contributed by atoms with Crippen LogP contribution < -0.4 is 5.73 Å². The Balaban J connectivity index is 2.27. The average Bonchev–Trinajstić information content (AvgIpc) is 2.37. The minimum absolute atomic E-state index is 0.316. The van der Waals surface area contributed by atoms with Gasteiger partial charge in [0.05, 0.1) is 7.11 Å².